The summed E-state index contributed by atoms with van der Waals surface area (Å²) in [5.41, 5.74) is 2.31. The summed E-state index contributed by atoms with van der Waals surface area (Å²) in [7, 11) is 0. The number of nitrogens with one attached hydrogen (secondary N) is 1. The van der Waals surface area contributed by atoms with E-state index in [1.807, 2.05) is 6.92 Å². The van der Waals surface area contributed by atoms with Gasteiger partial charge in [-0.05, 0) is 59.3 Å². The van der Waals surface area contributed by atoms with Gasteiger partial charge in [-0.1, -0.05) is 17.7 Å². The fourth-order valence-electron chi connectivity index (χ4n) is 2.22. The lowest BCUT2D eigenvalue weighted by molar-refractivity contribution is -0.119. The zero-order valence-electron chi connectivity index (χ0n) is 13.7. The number of aryl methyl sites for hydroxylation is 1. The number of carbonyl (C=O) groups excluding carboxylic acids is 2. The minimum Gasteiger partial charge on any atom is -0.452 e. The van der Waals surface area contributed by atoms with E-state index in [0.29, 0.717) is 16.4 Å². The van der Waals surface area contributed by atoms with Crippen LogP contribution in [0.5, 0.6) is 0 Å². The third-order valence-electron chi connectivity index (χ3n) is 3.49. The third kappa shape index (κ3) is 4.22. The van der Waals surface area contributed by atoms with Crippen LogP contribution in [-0.2, 0) is 9.53 Å². The summed E-state index contributed by atoms with van der Waals surface area (Å²) in [6.07, 6.45) is 1.41. The lowest BCUT2D eigenvalue weighted by atomic mass is 10.2. The van der Waals surface area contributed by atoms with Gasteiger partial charge in [-0.2, -0.15) is 0 Å². The molecule has 2 aromatic carbocycles. The molecule has 0 bridgehead atoms. The zero-order valence-corrected chi connectivity index (χ0v) is 14.5. The molecule has 1 N–H and O–H groups in total. The topological polar surface area (TPSA) is 99.0 Å². The first kappa shape index (κ1) is 17.6. The number of tetrazole rings is 1. The Morgan fingerprint density at radius 1 is 1.23 bits per heavy atom. The number of ether oxygens (including phenoxy) is 1. The molecule has 1 heterocycles. The van der Waals surface area contributed by atoms with Crippen molar-refractivity contribution in [2.75, 3.05) is 11.9 Å². The van der Waals surface area contributed by atoms with Gasteiger partial charge in [0, 0.05) is 10.7 Å². The molecule has 9 heteroatoms. The number of nitrogens with zero attached hydrogens (tertiary/aromatic N) is 4. The lowest BCUT2D eigenvalue weighted by Crippen LogP contribution is -2.21. The van der Waals surface area contributed by atoms with Gasteiger partial charge in [-0.25, -0.2) is 9.48 Å². The molecular weight excluding hydrogens is 358 g/mol. The predicted molar refractivity (Wildman–Crippen MR) is 94.3 cm³/mol. The number of hydrogen-bond donors (Lipinski definition) is 1. The second-order valence-corrected chi connectivity index (χ2v) is 5.82. The molecule has 0 radical (unpaired) electrons. The predicted octanol–water partition coefficient (Wildman–Crippen LogP) is 2.42. The Kier molecular flexibility index (Phi) is 5.23. The van der Waals surface area contributed by atoms with Crippen molar-refractivity contribution in [3.63, 3.8) is 0 Å². The molecule has 0 aliphatic carbocycles. The van der Waals surface area contributed by atoms with Gasteiger partial charge in [0.1, 0.15) is 6.33 Å². The standard InChI is InChI=1S/C17H14ClN5O3/c1-11-7-13(18)5-6-15(11)20-16(24)9-26-17(25)12-3-2-4-14(8-12)23-10-19-21-22-23/h2-8,10H,9H2,1H3,(H,20,24). The van der Waals surface area contributed by atoms with Crippen LogP contribution in [0.2, 0.25) is 5.02 Å². The lowest BCUT2D eigenvalue weighted by Gasteiger charge is -2.09. The highest BCUT2D eigenvalue weighted by Crippen LogP contribution is 2.19. The summed E-state index contributed by atoms with van der Waals surface area (Å²) in [6.45, 7) is 1.41. The van der Waals surface area contributed by atoms with Gasteiger partial charge in [0.25, 0.3) is 5.91 Å². The van der Waals surface area contributed by atoms with Crippen LogP contribution in [0.25, 0.3) is 5.69 Å². The van der Waals surface area contributed by atoms with Gasteiger partial charge in [-0.15, -0.1) is 5.10 Å². The average Bonchev–Trinajstić information content (AvgIpc) is 3.17. The van der Waals surface area contributed by atoms with Crippen molar-refractivity contribution in [3.8, 4) is 5.69 Å². The molecule has 0 fully saturated rings. The van der Waals surface area contributed by atoms with Crippen LogP contribution in [-0.4, -0.2) is 38.7 Å². The highest BCUT2D eigenvalue weighted by molar-refractivity contribution is 6.30. The molecule has 1 aromatic heterocycles. The molecule has 0 atom stereocenters. The molecule has 0 saturated carbocycles. The first-order valence-electron chi connectivity index (χ1n) is 7.59. The Balaban J connectivity index is 1.60. The minimum atomic E-state index is -0.622. The van der Waals surface area contributed by atoms with Crippen LogP contribution in [0.1, 0.15) is 15.9 Å². The number of anilines is 1. The van der Waals surface area contributed by atoms with E-state index in [-0.39, 0.29) is 5.56 Å². The summed E-state index contributed by atoms with van der Waals surface area (Å²) in [6, 6.07) is 11.6. The summed E-state index contributed by atoms with van der Waals surface area (Å²) in [5.74, 6) is -1.07. The first-order valence-corrected chi connectivity index (χ1v) is 7.97. The van der Waals surface area contributed by atoms with Crippen molar-refractivity contribution >= 4 is 29.2 Å². The highest BCUT2D eigenvalue weighted by atomic mass is 35.5. The zero-order chi connectivity index (χ0) is 18.5. The van der Waals surface area contributed by atoms with Gasteiger partial charge < -0.3 is 10.1 Å². The van der Waals surface area contributed by atoms with Crippen molar-refractivity contribution in [1.29, 1.82) is 0 Å². The molecule has 0 spiro atoms. The summed E-state index contributed by atoms with van der Waals surface area (Å²) < 4.78 is 6.47. The molecule has 0 aliphatic heterocycles. The Bertz CT molecular complexity index is 943. The maximum atomic E-state index is 12.2. The number of carbonyl (C=O) groups is 2. The second-order valence-electron chi connectivity index (χ2n) is 5.39. The molecule has 8 nitrogen and oxygen atoms in total. The first-order chi connectivity index (χ1) is 12.5. The maximum Gasteiger partial charge on any atom is 0.338 e. The van der Waals surface area contributed by atoms with Crippen molar-refractivity contribution in [2.24, 2.45) is 0 Å². The summed E-state index contributed by atoms with van der Waals surface area (Å²) in [4.78, 5) is 24.1. The number of rotatable bonds is 5. The van der Waals surface area contributed by atoms with Crippen molar-refractivity contribution < 1.29 is 14.3 Å². The van der Waals surface area contributed by atoms with Crippen LogP contribution in [0.4, 0.5) is 5.69 Å². The van der Waals surface area contributed by atoms with Crippen molar-refractivity contribution in [2.45, 2.75) is 6.92 Å². The molecule has 3 aromatic rings. The molecule has 132 valence electrons. The van der Waals surface area contributed by atoms with E-state index >= 15 is 0 Å². The van der Waals surface area contributed by atoms with E-state index in [1.165, 1.54) is 11.0 Å². The summed E-state index contributed by atoms with van der Waals surface area (Å²) in [5, 5.41) is 14.1. The van der Waals surface area contributed by atoms with Crippen LogP contribution < -0.4 is 5.32 Å². The fourth-order valence-corrected chi connectivity index (χ4v) is 2.45. The van der Waals surface area contributed by atoms with E-state index in [0.717, 1.165) is 5.56 Å². The Morgan fingerprint density at radius 3 is 2.81 bits per heavy atom. The van der Waals surface area contributed by atoms with Crippen LogP contribution in [0.15, 0.2) is 48.8 Å². The van der Waals surface area contributed by atoms with Crippen LogP contribution in [0, 0.1) is 6.92 Å². The Hall–Kier alpha value is -3.26. The van der Waals surface area contributed by atoms with E-state index in [4.69, 9.17) is 16.3 Å². The molecule has 0 aliphatic rings. The largest absolute Gasteiger partial charge is 0.452 e. The van der Waals surface area contributed by atoms with Gasteiger partial charge >= 0.3 is 5.97 Å². The Morgan fingerprint density at radius 2 is 2.08 bits per heavy atom. The normalized spacial score (nSPS) is 10.4. The van der Waals surface area contributed by atoms with Crippen LogP contribution >= 0.6 is 11.6 Å². The molecule has 3 rings (SSSR count). The molecule has 26 heavy (non-hydrogen) atoms. The number of aromatic nitrogens is 4. The van der Waals surface area contributed by atoms with Crippen molar-refractivity contribution in [1.82, 2.24) is 20.2 Å². The molecule has 0 unspecified atom stereocenters. The van der Waals surface area contributed by atoms with E-state index in [9.17, 15) is 9.59 Å². The van der Waals surface area contributed by atoms with Gasteiger partial charge in [0.2, 0.25) is 0 Å². The van der Waals surface area contributed by atoms with E-state index in [2.05, 4.69) is 20.8 Å². The fraction of sp³-hybridized carbons (Fsp3) is 0.118. The van der Waals surface area contributed by atoms with Crippen LogP contribution in [0.3, 0.4) is 0 Å². The molecule has 0 saturated heterocycles. The maximum absolute atomic E-state index is 12.2. The number of esters is 1. The molecular formula is C17H14ClN5O3. The van der Waals surface area contributed by atoms with E-state index < -0.39 is 18.5 Å². The van der Waals surface area contributed by atoms with E-state index in [1.54, 1.807) is 42.5 Å². The van der Waals surface area contributed by atoms with Gasteiger partial charge in [0.05, 0.1) is 11.3 Å². The number of benzene rings is 2. The molecule has 1 amide bonds. The Labute approximate surface area is 153 Å². The minimum absolute atomic E-state index is 0.286. The third-order valence-corrected chi connectivity index (χ3v) is 3.73. The monoisotopic (exact) mass is 371 g/mol. The number of amides is 1. The van der Waals surface area contributed by atoms with Gasteiger partial charge in [0.15, 0.2) is 6.61 Å². The highest BCUT2D eigenvalue weighted by Gasteiger charge is 2.12. The smallest absolute Gasteiger partial charge is 0.338 e. The average molecular weight is 372 g/mol. The van der Waals surface area contributed by atoms with Gasteiger partial charge in [-0.3, -0.25) is 4.79 Å². The number of halogens is 1. The summed E-state index contributed by atoms with van der Waals surface area (Å²) >= 11 is 5.88. The van der Waals surface area contributed by atoms with Crippen molar-refractivity contribution in [3.05, 3.63) is 64.9 Å². The second kappa shape index (κ2) is 7.75. The SMILES string of the molecule is Cc1cc(Cl)ccc1NC(=O)COC(=O)c1cccc(-n2cnnn2)c1. The quantitative estimate of drug-likeness (QED) is 0.691. The number of hydrogen-bond acceptors (Lipinski definition) is 6.